The van der Waals surface area contributed by atoms with Gasteiger partial charge in [-0.3, -0.25) is 5.10 Å². The molecule has 7 heteroatoms. The van der Waals surface area contributed by atoms with Crippen molar-refractivity contribution in [1.29, 1.82) is 0 Å². The summed E-state index contributed by atoms with van der Waals surface area (Å²) in [4.78, 5) is 9.67. The molecule has 0 bridgehead atoms. The lowest BCUT2D eigenvalue weighted by Crippen LogP contribution is -2.30. The number of benzene rings is 2. The Bertz CT molecular complexity index is 1170. The van der Waals surface area contributed by atoms with E-state index in [0.29, 0.717) is 24.9 Å². The number of ether oxygens (including phenoxy) is 1. The summed E-state index contributed by atoms with van der Waals surface area (Å²) in [7, 11) is 0. The van der Waals surface area contributed by atoms with Crippen molar-refractivity contribution in [3.8, 4) is 39.5 Å². The average Bonchev–Trinajstić information content (AvgIpc) is 3.43. The molecule has 0 unspecified atom stereocenters. The summed E-state index contributed by atoms with van der Waals surface area (Å²) in [6.45, 7) is 3.27. The molecule has 0 atom stereocenters. The third-order valence-electron chi connectivity index (χ3n) is 6.13. The first-order valence-corrected chi connectivity index (χ1v) is 11.4. The minimum atomic E-state index is 0.512. The highest BCUT2D eigenvalue weighted by Gasteiger charge is 2.17. The van der Waals surface area contributed by atoms with Gasteiger partial charge in [-0.1, -0.05) is 48.5 Å². The van der Waals surface area contributed by atoms with Crippen LogP contribution in [-0.2, 0) is 6.54 Å². The molecule has 1 saturated heterocycles. The number of nitrogens with zero attached hydrogens (tertiary/aromatic N) is 3. The van der Waals surface area contributed by atoms with Crippen LogP contribution in [0.4, 0.5) is 0 Å². The number of H-pyrrole nitrogens is 1. The second kappa shape index (κ2) is 9.94. The van der Waals surface area contributed by atoms with Crippen LogP contribution in [0.15, 0.2) is 67.1 Å². The molecule has 3 heterocycles. The Hall–Kier alpha value is -3.55. The van der Waals surface area contributed by atoms with E-state index >= 15 is 0 Å². The van der Waals surface area contributed by atoms with Gasteiger partial charge >= 0.3 is 0 Å². The molecule has 5 rings (SSSR count). The molecule has 0 aliphatic carbocycles. The van der Waals surface area contributed by atoms with Crippen LogP contribution in [0.3, 0.4) is 0 Å². The maximum atomic E-state index is 6.09. The molecule has 0 saturated carbocycles. The van der Waals surface area contributed by atoms with Gasteiger partial charge in [-0.05, 0) is 43.0 Å². The quantitative estimate of drug-likeness (QED) is 0.401. The molecule has 2 aromatic heterocycles. The number of hydrogen-bond donors (Lipinski definition) is 3. The molecular weight excluding hydrogens is 412 g/mol. The zero-order chi connectivity index (χ0) is 22.5. The number of aromatic amines is 1. The number of nitrogens with one attached hydrogen (secondary N) is 2. The van der Waals surface area contributed by atoms with Crippen molar-refractivity contribution in [3.05, 3.63) is 72.7 Å². The summed E-state index contributed by atoms with van der Waals surface area (Å²) in [5, 5.41) is 10.3. The summed E-state index contributed by atoms with van der Waals surface area (Å²) in [5.74, 6) is 1.11. The van der Waals surface area contributed by atoms with Gasteiger partial charge in [-0.15, -0.1) is 0 Å². The van der Waals surface area contributed by atoms with E-state index in [9.17, 15) is 0 Å². The van der Waals surface area contributed by atoms with Crippen LogP contribution >= 0.6 is 0 Å². The number of nitrogens with two attached hydrogens (primary N) is 1. The van der Waals surface area contributed by atoms with Gasteiger partial charge < -0.3 is 15.8 Å². The van der Waals surface area contributed by atoms with Gasteiger partial charge in [0.1, 0.15) is 5.69 Å². The second-order valence-electron chi connectivity index (χ2n) is 8.38. The van der Waals surface area contributed by atoms with Crippen LogP contribution in [-0.4, -0.2) is 39.9 Å². The summed E-state index contributed by atoms with van der Waals surface area (Å²) in [5.41, 5.74) is 12.6. The van der Waals surface area contributed by atoms with E-state index in [2.05, 4.69) is 39.8 Å². The molecule has 0 amide bonds. The SMILES string of the molecule is NCc1ccc(-c2ncc(OCC3CCNCC3)nc2-c2ccc(-c3cn[nH]c3)cc2)cc1. The van der Waals surface area contributed by atoms with Gasteiger partial charge in [0.05, 0.1) is 24.7 Å². The molecule has 4 aromatic rings. The molecular formula is C26H28N6O. The van der Waals surface area contributed by atoms with Gasteiger partial charge in [0, 0.05) is 29.4 Å². The Balaban J connectivity index is 1.47. The number of piperidine rings is 1. The van der Waals surface area contributed by atoms with E-state index in [1.54, 1.807) is 6.20 Å². The maximum absolute atomic E-state index is 6.09. The highest BCUT2D eigenvalue weighted by atomic mass is 16.5. The van der Waals surface area contributed by atoms with Gasteiger partial charge in [0.2, 0.25) is 5.88 Å². The van der Waals surface area contributed by atoms with Gasteiger partial charge in [-0.25, -0.2) is 9.97 Å². The predicted molar refractivity (Wildman–Crippen MR) is 129 cm³/mol. The Morgan fingerprint density at radius 1 is 0.848 bits per heavy atom. The average molecular weight is 441 g/mol. The first-order valence-electron chi connectivity index (χ1n) is 11.4. The van der Waals surface area contributed by atoms with Crippen LogP contribution in [0.25, 0.3) is 33.6 Å². The first-order chi connectivity index (χ1) is 16.3. The molecule has 1 aliphatic heterocycles. The van der Waals surface area contributed by atoms with Crippen LogP contribution in [0.1, 0.15) is 18.4 Å². The van der Waals surface area contributed by atoms with Gasteiger partial charge in [-0.2, -0.15) is 5.10 Å². The molecule has 7 nitrogen and oxygen atoms in total. The van der Waals surface area contributed by atoms with E-state index in [1.807, 2.05) is 36.7 Å². The van der Waals surface area contributed by atoms with E-state index in [0.717, 1.165) is 65.1 Å². The smallest absolute Gasteiger partial charge is 0.232 e. The molecule has 0 radical (unpaired) electrons. The third kappa shape index (κ3) is 4.94. The number of rotatable bonds is 7. The lowest BCUT2D eigenvalue weighted by atomic mass is 9.99. The molecule has 33 heavy (non-hydrogen) atoms. The second-order valence-corrected chi connectivity index (χ2v) is 8.38. The zero-order valence-electron chi connectivity index (χ0n) is 18.5. The lowest BCUT2D eigenvalue weighted by Gasteiger charge is -2.22. The number of hydrogen-bond acceptors (Lipinski definition) is 6. The van der Waals surface area contributed by atoms with E-state index in [1.165, 1.54) is 0 Å². The normalized spacial score (nSPS) is 14.3. The predicted octanol–water partition coefficient (Wildman–Crippen LogP) is 4.04. The fourth-order valence-electron chi connectivity index (χ4n) is 4.13. The van der Waals surface area contributed by atoms with Gasteiger partial charge in [0.15, 0.2) is 0 Å². The minimum absolute atomic E-state index is 0.512. The Labute approximate surface area is 193 Å². The Kier molecular flexibility index (Phi) is 6.41. The third-order valence-corrected chi connectivity index (χ3v) is 6.13. The van der Waals surface area contributed by atoms with Crippen molar-refractivity contribution >= 4 is 0 Å². The summed E-state index contributed by atoms with van der Waals surface area (Å²) in [6.07, 6.45) is 7.68. The van der Waals surface area contributed by atoms with Crippen LogP contribution in [0.5, 0.6) is 5.88 Å². The minimum Gasteiger partial charge on any atom is -0.476 e. The Morgan fingerprint density at radius 3 is 2.24 bits per heavy atom. The van der Waals surface area contributed by atoms with Crippen molar-refractivity contribution in [2.24, 2.45) is 11.7 Å². The zero-order valence-corrected chi connectivity index (χ0v) is 18.5. The lowest BCUT2D eigenvalue weighted by molar-refractivity contribution is 0.208. The molecule has 1 aliphatic rings. The highest BCUT2D eigenvalue weighted by Crippen LogP contribution is 2.32. The van der Waals surface area contributed by atoms with E-state index < -0.39 is 0 Å². The highest BCUT2D eigenvalue weighted by molar-refractivity contribution is 5.79. The van der Waals surface area contributed by atoms with E-state index in [-0.39, 0.29) is 0 Å². The standard InChI is InChI=1S/C26H28N6O/c27-13-18-1-3-21(4-2-18)25-26(22-7-5-20(6-8-22)23-14-30-31-15-23)32-24(16-29-25)33-17-19-9-11-28-12-10-19/h1-8,14-16,19,28H,9-13,17,27H2,(H,30,31). The fraction of sp³-hybridized carbons (Fsp3) is 0.269. The fourth-order valence-corrected chi connectivity index (χ4v) is 4.13. The first kappa shape index (κ1) is 21.3. The summed E-state index contributed by atoms with van der Waals surface area (Å²) >= 11 is 0. The maximum Gasteiger partial charge on any atom is 0.232 e. The van der Waals surface area contributed by atoms with Crippen molar-refractivity contribution in [2.75, 3.05) is 19.7 Å². The van der Waals surface area contributed by atoms with Crippen LogP contribution < -0.4 is 15.8 Å². The molecule has 168 valence electrons. The van der Waals surface area contributed by atoms with Crippen molar-refractivity contribution in [1.82, 2.24) is 25.5 Å². The molecule has 0 spiro atoms. The van der Waals surface area contributed by atoms with Crippen molar-refractivity contribution in [2.45, 2.75) is 19.4 Å². The molecule has 2 aromatic carbocycles. The van der Waals surface area contributed by atoms with Crippen LogP contribution in [0, 0.1) is 5.92 Å². The number of aromatic nitrogens is 4. The molecule has 1 fully saturated rings. The van der Waals surface area contributed by atoms with E-state index in [4.69, 9.17) is 20.4 Å². The monoisotopic (exact) mass is 440 g/mol. The molecule has 4 N–H and O–H groups in total. The topological polar surface area (TPSA) is 102 Å². The summed E-state index contributed by atoms with van der Waals surface area (Å²) < 4.78 is 6.09. The van der Waals surface area contributed by atoms with Crippen molar-refractivity contribution in [3.63, 3.8) is 0 Å². The van der Waals surface area contributed by atoms with Crippen molar-refractivity contribution < 1.29 is 4.74 Å². The largest absolute Gasteiger partial charge is 0.476 e. The summed E-state index contributed by atoms with van der Waals surface area (Å²) in [6, 6.07) is 16.4. The van der Waals surface area contributed by atoms with Crippen LogP contribution in [0.2, 0.25) is 0 Å². The van der Waals surface area contributed by atoms with Gasteiger partial charge in [0.25, 0.3) is 0 Å². The Morgan fingerprint density at radius 2 is 1.55 bits per heavy atom.